The van der Waals surface area contributed by atoms with E-state index < -0.39 is 23.6 Å². The Kier molecular flexibility index (Phi) is 9.27. The second kappa shape index (κ2) is 12.7. The Morgan fingerprint density at radius 2 is 0.744 bits per heavy atom. The molecule has 0 fully saturated rings. The van der Waals surface area contributed by atoms with Crippen molar-refractivity contribution < 1.29 is 38.1 Å². The minimum Gasteiger partial charge on any atom is -0.491 e. The van der Waals surface area contributed by atoms with Gasteiger partial charge in [-0.3, -0.25) is 19.2 Å². The number of carbonyl (C=O) groups excluding carboxylic acids is 4. The molecule has 43 heavy (non-hydrogen) atoms. The number of ether oxygens (including phenoxy) is 4. The molecule has 2 aromatic rings. The molecule has 4 rings (SSSR count). The molecule has 0 unspecified atom stereocenters. The molecule has 0 saturated carbocycles. The van der Waals surface area contributed by atoms with E-state index in [2.05, 4.69) is 0 Å². The molecule has 0 spiro atoms. The van der Waals surface area contributed by atoms with Gasteiger partial charge in [0.25, 0.3) is 23.6 Å². The summed E-state index contributed by atoms with van der Waals surface area (Å²) in [6, 6.07) is 6.82. The van der Waals surface area contributed by atoms with Crippen LogP contribution in [0.1, 0.15) is 66.5 Å². The maximum atomic E-state index is 12.6. The van der Waals surface area contributed by atoms with Crippen LogP contribution in [0.2, 0.25) is 0 Å². The zero-order valence-electron chi connectivity index (χ0n) is 25.8. The SMILES string of the molecule is CC(C)Oc1cc(N2C(=O)C=CC2=O)c(OC(C)C)cc1Cc1cc(OC(C)C)c(N2C(=O)C=CC2=O)cc1OC(C)C. The molecule has 2 aromatic carbocycles. The van der Waals surface area contributed by atoms with Crippen LogP contribution in [0.25, 0.3) is 0 Å². The number of nitrogens with zero attached hydrogens (tertiary/aromatic N) is 2. The predicted octanol–water partition coefficient (Wildman–Crippen LogP) is 5.29. The van der Waals surface area contributed by atoms with Gasteiger partial charge in [-0.2, -0.15) is 0 Å². The minimum atomic E-state index is -0.471. The Balaban J connectivity index is 1.90. The quantitative estimate of drug-likeness (QED) is 0.307. The van der Waals surface area contributed by atoms with E-state index in [0.29, 0.717) is 34.1 Å². The second-order valence-corrected chi connectivity index (χ2v) is 11.4. The van der Waals surface area contributed by atoms with E-state index in [1.807, 2.05) is 55.4 Å². The van der Waals surface area contributed by atoms with Crippen molar-refractivity contribution >= 4 is 35.0 Å². The monoisotopic (exact) mass is 590 g/mol. The molecule has 10 nitrogen and oxygen atoms in total. The van der Waals surface area contributed by atoms with Crippen LogP contribution in [-0.2, 0) is 25.6 Å². The Labute approximate surface area is 251 Å². The van der Waals surface area contributed by atoms with Crippen LogP contribution in [0.15, 0.2) is 48.6 Å². The zero-order chi connectivity index (χ0) is 31.6. The molecule has 0 atom stereocenters. The Morgan fingerprint density at radius 1 is 0.465 bits per heavy atom. The van der Waals surface area contributed by atoms with E-state index in [1.165, 1.54) is 24.3 Å². The molecule has 2 heterocycles. The molecule has 10 heteroatoms. The van der Waals surface area contributed by atoms with E-state index in [1.54, 1.807) is 24.3 Å². The summed E-state index contributed by atoms with van der Waals surface area (Å²) in [5, 5.41) is 0. The van der Waals surface area contributed by atoms with Crippen molar-refractivity contribution in [1.82, 2.24) is 0 Å². The molecule has 2 aliphatic heterocycles. The summed E-state index contributed by atoms with van der Waals surface area (Å²) < 4.78 is 24.6. The molecule has 0 N–H and O–H groups in total. The molecule has 4 amide bonds. The zero-order valence-corrected chi connectivity index (χ0v) is 25.8. The maximum Gasteiger partial charge on any atom is 0.258 e. The Bertz CT molecular complexity index is 1360. The normalized spacial score (nSPS) is 14.9. The highest BCUT2D eigenvalue weighted by Crippen LogP contribution is 2.43. The second-order valence-electron chi connectivity index (χ2n) is 11.4. The summed E-state index contributed by atoms with van der Waals surface area (Å²) in [5.74, 6) is -0.300. The first-order valence-electron chi connectivity index (χ1n) is 14.4. The maximum absolute atomic E-state index is 12.6. The van der Waals surface area contributed by atoms with Crippen molar-refractivity contribution in [3.63, 3.8) is 0 Å². The molecular formula is C33H38N2O8. The van der Waals surface area contributed by atoms with Crippen molar-refractivity contribution in [3.8, 4) is 23.0 Å². The van der Waals surface area contributed by atoms with E-state index in [-0.39, 0.29) is 42.2 Å². The summed E-state index contributed by atoms with van der Waals surface area (Å²) in [5.41, 5.74) is 1.97. The smallest absolute Gasteiger partial charge is 0.258 e. The van der Waals surface area contributed by atoms with Crippen molar-refractivity contribution in [2.45, 2.75) is 86.2 Å². The lowest BCUT2D eigenvalue weighted by atomic mass is 10.00. The molecule has 0 saturated heterocycles. The summed E-state index contributed by atoms with van der Waals surface area (Å²) in [4.78, 5) is 52.6. The third kappa shape index (κ3) is 7.07. The van der Waals surface area contributed by atoms with Crippen LogP contribution in [-0.4, -0.2) is 48.0 Å². The number of carbonyl (C=O) groups is 4. The van der Waals surface area contributed by atoms with Crippen LogP contribution < -0.4 is 28.7 Å². The van der Waals surface area contributed by atoms with Gasteiger partial charge in [0.15, 0.2) is 0 Å². The van der Waals surface area contributed by atoms with Gasteiger partial charge < -0.3 is 18.9 Å². The molecule has 2 aliphatic rings. The number of amides is 4. The Morgan fingerprint density at radius 3 is 1.02 bits per heavy atom. The van der Waals surface area contributed by atoms with E-state index >= 15 is 0 Å². The number of imide groups is 2. The minimum absolute atomic E-state index is 0.222. The van der Waals surface area contributed by atoms with Crippen LogP contribution >= 0.6 is 0 Å². The van der Waals surface area contributed by atoms with Crippen molar-refractivity contribution in [3.05, 3.63) is 59.7 Å². The van der Waals surface area contributed by atoms with Crippen molar-refractivity contribution in [2.75, 3.05) is 9.80 Å². The first-order valence-corrected chi connectivity index (χ1v) is 14.4. The summed E-state index contributed by atoms with van der Waals surface area (Å²) in [7, 11) is 0. The molecule has 0 aliphatic carbocycles. The fraction of sp³-hybridized carbons (Fsp3) is 0.394. The summed E-state index contributed by atoms with van der Waals surface area (Å²) >= 11 is 0. The van der Waals surface area contributed by atoms with E-state index in [4.69, 9.17) is 18.9 Å². The Hall–Kier alpha value is -4.60. The fourth-order valence-corrected chi connectivity index (χ4v) is 4.71. The van der Waals surface area contributed by atoms with Gasteiger partial charge in [-0.05, 0) is 67.5 Å². The van der Waals surface area contributed by atoms with Gasteiger partial charge in [0, 0.05) is 54.0 Å². The first-order chi connectivity index (χ1) is 20.2. The third-order valence-corrected chi connectivity index (χ3v) is 6.22. The number of anilines is 2. The van der Waals surface area contributed by atoms with Crippen LogP contribution in [0.3, 0.4) is 0 Å². The average Bonchev–Trinajstić information content (AvgIpc) is 3.40. The van der Waals surface area contributed by atoms with Gasteiger partial charge in [-0.25, -0.2) is 9.80 Å². The highest BCUT2D eigenvalue weighted by molar-refractivity contribution is 6.29. The van der Waals surface area contributed by atoms with Gasteiger partial charge in [0.1, 0.15) is 23.0 Å². The number of rotatable bonds is 12. The van der Waals surface area contributed by atoms with E-state index in [9.17, 15) is 19.2 Å². The molecule has 228 valence electrons. The number of benzene rings is 2. The topological polar surface area (TPSA) is 112 Å². The van der Waals surface area contributed by atoms with Crippen LogP contribution in [0.4, 0.5) is 11.4 Å². The highest BCUT2D eigenvalue weighted by atomic mass is 16.5. The number of hydrogen-bond acceptors (Lipinski definition) is 8. The highest BCUT2D eigenvalue weighted by Gasteiger charge is 2.32. The van der Waals surface area contributed by atoms with Crippen LogP contribution in [0, 0.1) is 0 Å². The van der Waals surface area contributed by atoms with Gasteiger partial charge >= 0.3 is 0 Å². The van der Waals surface area contributed by atoms with Gasteiger partial charge in [0.05, 0.1) is 35.8 Å². The molecule has 0 bridgehead atoms. The first kappa shape index (κ1) is 31.3. The predicted molar refractivity (Wildman–Crippen MR) is 162 cm³/mol. The molecule has 0 aromatic heterocycles. The van der Waals surface area contributed by atoms with Crippen LogP contribution in [0.5, 0.6) is 23.0 Å². The van der Waals surface area contributed by atoms with E-state index in [0.717, 1.165) is 9.80 Å². The summed E-state index contributed by atoms with van der Waals surface area (Å²) in [6.07, 6.45) is 4.20. The molecule has 0 radical (unpaired) electrons. The van der Waals surface area contributed by atoms with Gasteiger partial charge in [-0.1, -0.05) is 0 Å². The van der Waals surface area contributed by atoms with Crippen molar-refractivity contribution in [2.24, 2.45) is 0 Å². The lowest BCUT2D eigenvalue weighted by Crippen LogP contribution is -2.30. The fourth-order valence-electron chi connectivity index (χ4n) is 4.71. The molecular weight excluding hydrogens is 552 g/mol. The summed E-state index contributed by atoms with van der Waals surface area (Å²) in [6.45, 7) is 14.9. The number of hydrogen-bond donors (Lipinski definition) is 0. The largest absolute Gasteiger partial charge is 0.491 e. The lowest BCUT2D eigenvalue weighted by Gasteiger charge is -2.26. The standard InChI is InChI=1S/C33H38N2O8/c1-18(2)40-26-16-24(34-30(36)9-10-31(34)37)28(42-20(5)6)14-22(26)13-23-15-29(43-21(7)8)25(17-27(23)41-19(3)4)35-32(38)11-12-33(35)39/h9-12,14-21H,13H2,1-8H3. The van der Waals surface area contributed by atoms with Gasteiger partial charge in [0.2, 0.25) is 0 Å². The third-order valence-electron chi connectivity index (χ3n) is 6.22. The lowest BCUT2D eigenvalue weighted by molar-refractivity contribution is -0.121. The average molecular weight is 591 g/mol. The van der Waals surface area contributed by atoms with Crippen molar-refractivity contribution in [1.29, 1.82) is 0 Å². The van der Waals surface area contributed by atoms with Gasteiger partial charge in [-0.15, -0.1) is 0 Å².